The van der Waals surface area contributed by atoms with Crippen LogP contribution in [0.2, 0.25) is 0 Å². The maximum absolute atomic E-state index is 13.0. The summed E-state index contributed by atoms with van der Waals surface area (Å²) in [6.45, 7) is 10.00. The Morgan fingerprint density at radius 2 is 1.85 bits per heavy atom. The predicted octanol–water partition coefficient (Wildman–Crippen LogP) is 1.18. The quantitative estimate of drug-likeness (QED) is 0.781. The first-order chi connectivity index (χ1) is 12.6. The number of aromatic amines is 1. The van der Waals surface area contributed by atoms with Crippen LogP contribution in [0.5, 0.6) is 0 Å². The van der Waals surface area contributed by atoms with Crippen molar-refractivity contribution in [3.63, 3.8) is 0 Å². The lowest BCUT2D eigenvalue weighted by Crippen LogP contribution is -2.43. The number of carbonyl (C=O) groups excluding carboxylic acids is 1. The average molecular weight is 374 g/mol. The monoisotopic (exact) mass is 374 g/mol. The summed E-state index contributed by atoms with van der Waals surface area (Å²) in [5, 5.41) is 0. The number of carbonyl (C=O) groups is 1. The molecule has 0 aliphatic rings. The molecule has 27 heavy (non-hydrogen) atoms. The number of H-pyrrole nitrogens is 1. The van der Waals surface area contributed by atoms with Crippen LogP contribution in [0, 0.1) is 18.8 Å². The molecule has 0 atom stereocenters. The Balaban J connectivity index is 2.63. The average Bonchev–Trinajstić information content (AvgIpc) is 2.57. The number of nitrogens with one attached hydrogen (secondary N) is 1. The molecule has 0 aliphatic heterocycles. The van der Waals surface area contributed by atoms with Gasteiger partial charge in [-0.2, -0.15) is 0 Å². The second kappa shape index (κ2) is 8.15. The smallest absolute Gasteiger partial charge is 0.330 e. The maximum Gasteiger partial charge on any atom is 0.330 e. The number of anilines is 2. The van der Waals surface area contributed by atoms with Crippen LogP contribution in [0.1, 0.15) is 43.9 Å². The highest BCUT2D eigenvalue weighted by atomic mass is 16.2. The van der Waals surface area contributed by atoms with Crippen molar-refractivity contribution >= 4 is 17.4 Å². The van der Waals surface area contributed by atoms with Gasteiger partial charge >= 0.3 is 5.69 Å². The first kappa shape index (κ1) is 20.3. The van der Waals surface area contributed by atoms with Crippen molar-refractivity contribution in [1.29, 1.82) is 0 Å². The van der Waals surface area contributed by atoms with E-state index in [9.17, 15) is 14.4 Å². The van der Waals surface area contributed by atoms with Crippen molar-refractivity contribution < 1.29 is 4.79 Å². The minimum atomic E-state index is -0.702. The Labute approximate surface area is 157 Å². The number of nitrogen functional groups attached to an aromatic ring is 1. The molecule has 2 aromatic heterocycles. The summed E-state index contributed by atoms with van der Waals surface area (Å²) in [7, 11) is 0. The molecule has 0 bridgehead atoms. The summed E-state index contributed by atoms with van der Waals surface area (Å²) >= 11 is 0. The van der Waals surface area contributed by atoms with Crippen LogP contribution in [-0.4, -0.2) is 32.0 Å². The summed E-state index contributed by atoms with van der Waals surface area (Å²) in [6, 6.07) is 0. The van der Waals surface area contributed by atoms with Gasteiger partial charge in [-0.15, -0.1) is 0 Å². The highest BCUT2D eigenvalue weighted by Crippen LogP contribution is 2.21. The molecule has 0 aromatic carbocycles. The van der Waals surface area contributed by atoms with Gasteiger partial charge in [-0.25, -0.2) is 9.78 Å². The molecule has 0 radical (unpaired) electrons. The van der Waals surface area contributed by atoms with E-state index in [1.165, 1.54) is 21.9 Å². The number of nitrogens with zero attached hydrogens (tertiary/aromatic N) is 4. The number of hydrogen-bond acceptors (Lipinski definition) is 6. The van der Waals surface area contributed by atoms with Crippen molar-refractivity contribution in [1.82, 2.24) is 19.5 Å². The topological polar surface area (TPSA) is 127 Å². The van der Waals surface area contributed by atoms with Crippen molar-refractivity contribution in [2.45, 2.75) is 41.2 Å². The van der Waals surface area contributed by atoms with Crippen LogP contribution in [0.4, 0.5) is 11.5 Å². The number of rotatable bonds is 6. The van der Waals surface area contributed by atoms with Gasteiger partial charge in [-0.1, -0.05) is 27.7 Å². The molecule has 0 unspecified atom stereocenters. The maximum atomic E-state index is 13.0. The van der Waals surface area contributed by atoms with Gasteiger partial charge < -0.3 is 5.73 Å². The molecule has 146 valence electrons. The first-order valence-corrected chi connectivity index (χ1v) is 8.84. The van der Waals surface area contributed by atoms with E-state index in [-0.39, 0.29) is 35.6 Å². The van der Waals surface area contributed by atoms with Crippen molar-refractivity contribution in [2.75, 3.05) is 17.2 Å². The van der Waals surface area contributed by atoms with Gasteiger partial charge in [0.2, 0.25) is 0 Å². The molecule has 0 fully saturated rings. The lowest BCUT2D eigenvalue weighted by atomic mass is 10.1. The molecule has 0 spiro atoms. The molecule has 3 N–H and O–H groups in total. The molecule has 2 heterocycles. The van der Waals surface area contributed by atoms with Crippen LogP contribution in [0.15, 0.2) is 22.0 Å². The van der Waals surface area contributed by atoms with E-state index < -0.39 is 17.2 Å². The van der Waals surface area contributed by atoms with Crippen molar-refractivity contribution in [3.05, 3.63) is 44.6 Å². The van der Waals surface area contributed by atoms with E-state index in [4.69, 9.17) is 5.73 Å². The van der Waals surface area contributed by atoms with E-state index in [2.05, 4.69) is 15.0 Å². The number of hydrogen-bond donors (Lipinski definition) is 2. The highest BCUT2D eigenvalue weighted by Gasteiger charge is 2.27. The first-order valence-electron chi connectivity index (χ1n) is 8.84. The normalized spacial score (nSPS) is 11.2. The third-order valence-electron chi connectivity index (χ3n) is 3.82. The third kappa shape index (κ3) is 4.60. The summed E-state index contributed by atoms with van der Waals surface area (Å²) in [5.41, 5.74) is 5.59. The van der Waals surface area contributed by atoms with E-state index in [0.717, 1.165) is 0 Å². The van der Waals surface area contributed by atoms with Crippen LogP contribution in [0.25, 0.3) is 0 Å². The standard InChI is InChI=1S/C18H26N6O3/c1-10(2)8-23(17(26)13-7-20-12(5)6-21-13)14-15(19)24(9-11(3)4)18(27)22-16(14)25/h6-7,10-11H,8-9,19H2,1-5H3,(H,22,25,27). The molecular weight excluding hydrogens is 348 g/mol. The Kier molecular flexibility index (Phi) is 6.14. The summed E-state index contributed by atoms with van der Waals surface area (Å²) in [5.74, 6) is -0.354. The molecular formula is C18H26N6O3. The predicted molar refractivity (Wildman–Crippen MR) is 104 cm³/mol. The zero-order chi connectivity index (χ0) is 20.3. The number of amides is 1. The zero-order valence-corrected chi connectivity index (χ0v) is 16.3. The van der Waals surface area contributed by atoms with Gasteiger partial charge in [0.05, 0.1) is 11.9 Å². The van der Waals surface area contributed by atoms with Crippen LogP contribution in [0.3, 0.4) is 0 Å². The van der Waals surface area contributed by atoms with Crippen molar-refractivity contribution in [3.8, 4) is 0 Å². The van der Waals surface area contributed by atoms with Gasteiger partial charge in [0.15, 0.2) is 5.69 Å². The minimum absolute atomic E-state index is 0.0356. The number of aromatic nitrogens is 4. The summed E-state index contributed by atoms with van der Waals surface area (Å²) in [4.78, 5) is 49.5. The molecule has 2 rings (SSSR count). The molecule has 2 aromatic rings. The van der Waals surface area contributed by atoms with E-state index in [0.29, 0.717) is 12.2 Å². The fourth-order valence-electron chi connectivity index (χ4n) is 2.67. The molecule has 0 aliphatic carbocycles. The van der Waals surface area contributed by atoms with Gasteiger partial charge in [0.1, 0.15) is 11.5 Å². The van der Waals surface area contributed by atoms with Gasteiger partial charge in [0.25, 0.3) is 11.5 Å². The van der Waals surface area contributed by atoms with Gasteiger partial charge in [-0.3, -0.25) is 29.0 Å². The number of nitrogens with two attached hydrogens (primary N) is 1. The van der Waals surface area contributed by atoms with E-state index in [1.54, 1.807) is 6.92 Å². The molecule has 9 heteroatoms. The Hall–Kier alpha value is -2.97. The molecule has 1 amide bonds. The minimum Gasteiger partial charge on any atom is -0.383 e. The van der Waals surface area contributed by atoms with Crippen molar-refractivity contribution in [2.24, 2.45) is 11.8 Å². The van der Waals surface area contributed by atoms with E-state index >= 15 is 0 Å². The summed E-state index contributed by atoms with van der Waals surface area (Å²) < 4.78 is 1.28. The Bertz CT molecular complexity index is 928. The second-order valence-electron chi connectivity index (χ2n) is 7.35. The summed E-state index contributed by atoms with van der Waals surface area (Å²) in [6.07, 6.45) is 2.84. The molecule has 0 saturated heterocycles. The third-order valence-corrected chi connectivity index (χ3v) is 3.82. The van der Waals surface area contributed by atoms with Crippen LogP contribution in [-0.2, 0) is 6.54 Å². The number of aryl methyl sites for hydroxylation is 1. The van der Waals surface area contributed by atoms with Crippen LogP contribution >= 0.6 is 0 Å². The largest absolute Gasteiger partial charge is 0.383 e. The molecule has 0 saturated carbocycles. The van der Waals surface area contributed by atoms with Gasteiger partial charge in [-0.05, 0) is 18.8 Å². The lowest BCUT2D eigenvalue weighted by Gasteiger charge is -2.26. The fourth-order valence-corrected chi connectivity index (χ4v) is 2.67. The fraction of sp³-hybridized carbons (Fsp3) is 0.500. The van der Waals surface area contributed by atoms with E-state index in [1.807, 2.05) is 27.7 Å². The van der Waals surface area contributed by atoms with Crippen LogP contribution < -0.4 is 21.9 Å². The SMILES string of the molecule is Cc1cnc(C(=O)N(CC(C)C)c2c(N)n(CC(C)C)c(=O)[nH]c2=O)cn1. The second-order valence-corrected chi connectivity index (χ2v) is 7.35. The Morgan fingerprint density at radius 3 is 2.37 bits per heavy atom. The Morgan fingerprint density at radius 1 is 1.19 bits per heavy atom. The zero-order valence-electron chi connectivity index (χ0n) is 16.3. The lowest BCUT2D eigenvalue weighted by molar-refractivity contribution is 0.0978. The van der Waals surface area contributed by atoms with Gasteiger partial charge in [0, 0.05) is 19.3 Å². The molecule has 9 nitrogen and oxygen atoms in total. The highest BCUT2D eigenvalue weighted by molar-refractivity contribution is 6.05.